The van der Waals surface area contributed by atoms with Crippen LogP contribution in [0.25, 0.3) is 0 Å². The zero-order chi connectivity index (χ0) is 21.7. The lowest BCUT2D eigenvalue weighted by atomic mass is 10.1. The van der Waals surface area contributed by atoms with E-state index >= 15 is 0 Å². The number of amides is 1. The van der Waals surface area contributed by atoms with E-state index in [9.17, 15) is 13.2 Å². The van der Waals surface area contributed by atoms with Gasteiger partial charge < -0.3 is 10.1 Å². The van der Waals surface area contributed by atoms with Gasteiger partial charge >= 0.3 is 0 Å². The third kappa shape index (κ3) is 5.75. The van der Waals surface area contributed by atoms with E-state index in [2.05, 4.69) is 5.32 Å². The number of para-hydroxylation sites is 1. The van der Waals surface area contributed by atoms with E-state index in [0.29, 0.717) is 27.9 Å². The molecule has 0 aromatic heterocycles. The number of rotatable bonds is 7. The Kier molecular flexibility index (Phi) is 6.64. The molecule has 0 atom stereocenters. The lowest BCUT2D eigenvalue weighted by molar-refractivity contribution is -0.115. The Hall–Kier alpha value is -3.03. The van der Waals surface area contributed by atoms with E-state index in [1.165, 1.54) is 11.4 Å². The minimum atomic E-state index is -3.34. The maximum Gasteiger partial charge on any atom is 0.231 e. The Morgan fingerprint density at radius 1 is 1.03 bits per heavy atom. The van der Waals surface area contributed by atoms with Crippen molar-refractivity contribution >= 4 is 38.9 Å². The highest BCUT2D eigenvalue weighted by Crippen LogP contribution is 2.32. The van der Waals surface area contributed by atoms with Gasteiger partial charge in [-0.05, 0) is 48.0 Å². The van der Waals surface area contributed by atoms with E-state index in [1.54, 1.807) is 42.5 Å². The minimum Gasteiger partial charge on any atom is -0.455 e. The molecule has 0 saturated carbocycles. The van der Waals surface area contributed by atoms with E-state index in [-0.39, 0.29) is 12.3 Å². The normalized spacial score (nSPS) is 11.0. The first-order chi connectivity index (χ1) is 14.2. The smallest absolute Gasteiger partial charge is 0.231 e. The summed E-state index contributed by atoms with van der Waals surface area (Å²) in [6.07, 6.45) is 1.24. The summed E-state index contributed by atoms with van der Waals surface area (Å²) < 4.78 is 30.3. The Morgan fingerprint density at radius 3 is 2.33 bits per heavy atom. The molecule has 0 aliphatic heterocycles. The highest BCUT2D eigenvalue weighted by Gasteiger charge is 2.13. The summed E-state index contributed by atoms with van der Waals surface area (Å²) in [5.74, 6) is 0.865. The number of benzene rings is 3. The summed E-state index contributed by atoms with van der Waals surface area (Å²) >= 11 is 6.09. The molecule has 0 spiro atoms. The fourth-order valence-electron chi connectivity index (χ4n) is 2.70. The number of ether oxygens (including phenoxy) is 1. The van der Waals surface area contributed by atoms with Crippen LogP contribution in [0.3, 0.4) is 0 Å². The Labute approximate surface area is 181 Å². The fraction of sp³-hybridized carbons (Fsp3) is 0.136. The first-order valence-corrected chi connectivity index (χ1v) is 11.3. The molecule has 3 rings (SSSR count). The number of nitrogens with one attached hydrogen (secondary N) is 1. The molecule has 0 bridgehead atoms. The third-order valence-corrected chi connectivity index (χ3v) is 5.79. The van der Waals surface area contributed by atoms with Gasteiger partial charge in [0.25, 0.3) is 0 Å². The maximum atomic E-state index is 12.6. The Morgan fingerprint density at radius 2 is 1.70 bits per heavy atom. The third-order valence-electron chi connectivity index (χ3n) is 4.35. The molecule has 3 aromatic carbocycles. The second-order valence-corrected chi connectivity index (χ2v) is 9.13. The molecule has 0 radical (unpaired) electrons. The second-order valence-electron chi connectivity index (χ2n) is 6.68. The lowest BCUT2D eigenvalue weighted by Gasteiger charge is -2.17. The van der Waals surface area contributed by atoms with Crippen LogP contribution < -0.4 is 14.4 Å². The predicted octanol–water partition coefficient (Wildman–Crippen LogP) is 4.71. The molecule has 1 N–H and O–H groups in total. The summed E-state index contributed by atoms with van der Waals surface area (Å²) in [6.45, 7) is 0. The van der Waals surface area contributed by atoms with Gasteiger partial charge in [-0.25, -0.2) is 8.42 Å². The minimum absolute atomic E-state index is 0.111. The van der Waals surface area contributed by atoms with Crippen molar-refractivity contribution in [2.75, 3.05) is 22.9 Å². The van der Waals surface area contributed by atoms with Gasteiger partial charge in [0.05, 0.1) is 24.1 Å². The van der Waals surface area contributed by atoms with Crippen LogP contribution in [0.15, 0.2) is 72.8 Å². The van der Waals surface area contributed by atoms with Gasteiger partial charge in [0.2, 0.25) is 15.9 Å². The highest BCUT2D eigenvalue weighted by molar-refractivity contribution is 7.92. The standard InChI is InChI=1S/C22H21ClN2O4S/c1-25(30(2,27)28)18-11-8-16(9-12-18)14-22(26)24-20-15-17(23)10-13-21(20)29-19-6-4-3-5-7-19/h3-13,15H,14H2,1-2H3,(H,24,26). The lowest BCUT2D eigenvalue weighted by Crippen LogP contribution is -2.24. The highest BCUT2D eigenvalue weighted by atomic mass is 35.5. The van der Waals surface area contributed by atoms with Crippen LogP contribution in [0.1, 0.15) is 5.56 Å². The van der Waals surface area contributed by atoms with Gasteiger partial charge in [0.1, 0.15) is 5.75 Å². The first kappa shape index (κ1) is 21.7. The average Bonchev–Trinajstić information content (AvgIpc) is 2.70. The summed E-state index contributed by atoms with van der Waals surface area (Å²) in [4.78, 5) is 12.6. The molecule has 0 fully saturated rings. The molecule has 0 unspecified atom stereocenters. The Bertz CT molecular complexity index is 1130. The molecular weight excluding hydrogens is 424 g/mol. The summed E-state index contributed by atoms with van der Waals surface area (Å²) in [6, 6.07) is 21.0. The van der Waals surface area contributed by atoms with Crippen molar-refractivity contribution in [3.8, 4) is 11.5 Å². The van der Waals surface area contributed by atoms with Gasteiger partial charge in [-0.15, -0.1) is 0 Å². The zero-order valence-electron chi connectivity index (χ0n) is 16.5. The maximum absolute atomic E-state index is 12.6. The van der Waals surface area contributed by atoms with E-state index in [1.807, 2.05) is 30.3 Å². The SMILES string of the molecule is CN(c1ccc(CC(=O)Nc2cc(Cl)ccc2Oc2ccccc2)cc1)S(C)(=O)=O. The van der Waals surface area contributed by atoms with Crippen LogP contribution in [-0.2, 0) is 21.2 Å². The van der Waals surface area contributed by atoms with Crippen LogP contribution in [0.4, 0.5) is 11.4 Å². The van der Waals surface area contributed by atoms with Crippen LogP contribution in [0.2, 0.25) is 5.02 Å². The molecule has 1 amide bonds. The van der Waals surface area contributed by atoms with E-state index in [0.717, 1.165) is 11.8 Å². The molecule has 3 aromatic rings. The number of hydrogen-bond donors (Lipinski definition) is 1. The average molecular weight is 445 g/mol. The largest absolute Gasteiger partial charge is 0.455 e. The number of anilines is 2. The van der Waals surface area contributed by atoms with Crippen molar-refractivity contribution in [1.82, 2.24) is 0 Å². The molecule has 30 heavy (non-hydrogen) atoms. The van der Waals surface area contributed by atoms with Gasteiger partial charge in [0, 0.05) is 12.1 Å². The number of carbonyl (C=O) groups excluding carboxylic acids is 1. The topological polar surface area (TPSA) is 75.7 Å². The molecule has 0 heterocycles. The molecule has 156 valence electrons. The quantitative estimate of drug-likeness (QED) is 0.572. The van der Waals surface area contributed by atoms with Gasteiger partial charge in [0.15, 0.2) is 5.75 Å². The molecule has 8 heteroatoms. The molecule has 0 saturated heterocycles. The molecule has 0 aliphatic rings. The van der Waals surface area contributed by atoms with Crippen molar-refractivity contribution in [2.24, 2.45) is 0 Å². The van der Waals surface area contributed by atoms with Crippen LogP contribution in [0.5, 0.6) is 11.5 Å². The number of hydrogen-bond acceptors (Lipinski definition) is 4. The van der Waals surface area contributed by atoms with Gasteiger partial charge in [-0.3, -0.25) is 9.10 Å². The first-order valence-electron chi connectivity index (χ1n) is 9.07. The van der Waals surface area contributed by atoms with E-state index in [4.69, 9.17) is 16.3 Å². The van der Waals surface area contributed by atoms with E-state index < -0.39 is 10.0 Å². The van der Waals surface area contributed by atoms with Crippen molar-refractivity contribution in [2.45, 2.75) is 6.42 Å². The molecule has 6 nitrogen and oxygen atoms in total. The van der Waals surface area contributed by atoms with Gasteiger partial charge in [-0.1, -0.05) is 41.9 Å². The Balaban J connectivity index is 1.71. The monoisotopic (exact) mass is 444 g/mol. The van der Waals surface area contributed by atoms with Crippen LogP contribution in [0, 0.1) is 0 Å². The van der Waals surface area contributed by atoms with Crippen molar-refractivity contribution in [3.63, 3.8) is 0 Å². The second kappa shape index (κ2) is 9.19. The summed E-state index contributed by atoms with van der Waals surface area (Å²) in [5, 5.41) is 3.30. The van der Waals surface area contributed by atoms with Crippen molar-refractivity contribution in [3.05, 3.63) is 83.4 Å². The fourth-order valence-corrected chi connectivity index (χ4v) is 3.38. The zero-order valence-corrected chi connectivity index (χ0v) is 18.1. The summed E-state index contributed by atoms with van der Waals surface area (Å²) in [5.41, 5.74) is 1.73. The number of sulfonamides is 1. The molecular formula is C22H21ClN2O4S. The van der Waals surface area contributed by atoms with Crippen LogP contribution in [-0.4, -0.2) is 27.6 Å². The van der Waals surface area contributed by atoms with Gasteiger partial charge in [-0.2, -0.15) is 0 Å². The number of halogens is 1. The predicted molar refractivity (Wildman–Crippen MR) is 120 cm³/mol. The van der Waals surface area contributed by atoms with Crippen molar-refractivity contribution in [1.29, 1.82) is 0 Å². The number of nitrogens with zero attached hydrogens (tertiary/aromatic N) is 1. The van der Waals surface area contributed by atoms with Crippen LogP contribution >= 0.6 is 11.6 Å². The molecule has 0 aliphatic carbocycles. The van der Waals surface area contributed by atoms with Crippen molar-refractivity contribution < 1.29 is 17.9 Å². The summed E-state index contributed by atoms with van der Waals surface area (Å²) in [7, 11) is -1.86. The number of carbonyl (C=O) groups is 1.